The lowest BCUT2D eigenvalue weighted by molar-refractivity contribution is 1.01. The lowest BCUT2D eigenvalue weighted by Gasteiger charge is -2.27. The largest absolute Gasteiger partial charge is 0.384 e. The lowest BCUT2D eigenvalue weighted by Crippen LogP contribution is -2.22. The van der Waals surface area contributed by atoms with Crippen molar-refractivity contribution in [3.05, 3.63) is 58.6 Å². The number of nitrogens with one attached hydrogen (secondary N) is 1. The highest BCUT2D eigenvalue weighted by Crippen LogP contribution is 2.33. The summed E-state index contributed by atoms with van der Waals surface area (Å²) >= 11 is 6.21. The third-order valence-electron chi connectivity index (χ3n) is 3.27. The summed E-state index contributed by atoms with van der Waals surface area (Å²) in [5.74, 6) is -0.0161. The molecule has 0 saturated carbocycles. The maximum absolute atomic E-state index is 7.77. The quantitative estimate of drug-likeness (QED) is 0.657. The van der Waals surface area contributed by atoms with Crippen LogP contribution in [0.1, 0.15) is 18.1 Å². The summed E-state index contributed by atoms with van der Waals surface area (Å²) in [6, 6.07) is 13.7. The summed E-state index contributed by atoms with van der Waals surface area (Å²) in [6.07, 6.45) is 0. The fourth-order valence-electron chi connectivity index (χ4n) is 2.34. The van der Waals surface area contributed by atoms with E-state index in [1.165, 1.54) is 5.56 Å². The van der Waals surface area contributed by atoms with E-state index in [1.54, 1.807) is 6.07 Å². The minimum Gasteiger partial charge on any atom is -0.384 e. The van der Waals surface area contributed by atoms with E-state index >= 15 is 0 Å². The van der Waals surface area contributed by atoms with Gasteiger partial charge in [-0.1, -0.05) is 35.9 Å². The number of rotatable bonds is 4. The van der Waals surface area contributed by atoms with Crippen LogP contribution in [0.25, 0.3) is 0 Å². The predicted octanol–water partition coefficient (Wildman–Crippen LogP) is 4.09. The van der Waals surface area contributed by atoms with E-state index in [0.29, 0.717) is 10.6 Å². The first-order valence-electron chi connectivity index (χ1n) is 6.52. The van der Waals surface area contributed by atoms with Crippen molar-refractivity contribution in [2.75, 3.05) is 11.4 Å². The summed E-state index contributed by atoms with van der Waals surface area (Å²) in [6.45, 7) is 4.90. The molecular formula is C16H18ClN3. The Balaban J connectivity index is 2.62. The van der Waals surface area contributed by atoms with Gasteiger partial charge in [0.1, 0.15) is 5.84 Å². The molecule has 2 rings (SSSR count). The summed E-state index contributed by atoms with van der Waals surface area (Å²) in [7, 11) is 0. The van der Waals surface area contributed by atoms with Crippen LogP contribution in [0.3, 0.4) is 0 Å². The smallest absolute Gasteiger partial charge is 0.126 e. The average molecular weight is 288 g/mol. The van der Waals surface area contributed by atoms with E-state index in [1.807, 2.05) is 24.3 Å². The molecule has 20 heavy (non-hydrogen) atoms. The second-order valence-corrected chi connectivity index (χ2v) is 4.99. The summed E-state index contributed by atoms with van der Waals surface area (Å²) < 4.78 is 0. The molecule has 0 saturated heterocycles. The summed E-state index contributed by atoms with van der Waals surface area (Å²) in [5.41, 5.74) is 9.41. The minimum absolute atomic E-state index is 0.0161. The first-order valence-corrected chi connectivity index (χ1v) is 6.90. The number of nitrogens with two attached hydrogens (primary N) is 1. The van der Waals surface area contributed by atoms with E-state index in [2.05, 4.69) is 30.9 Å². The lowest BCUT2D eigenvalue weighted by atomic mass is 10.1. The highest BCUT2D eigenvalue weighted by atomic mass is 35.5. The number of benzene rings is 2. The van der Waals surface area contributed by atoms with Gasteiger partial charge in [-0.2, -0.15) is 0 Å². The number of nitrogen functional groups attached to an aromatic ring is 1. The van der Waals surface area contributed by atoms with Crippen molar-refractivity contribution < 1.29 is 0 Å². The molecule has 0 heterocycles. The topological polar surface area (TPSA) is 53.1 Å². The molecule has 104 valence electrons. The zero-order valence-electron chi connectivity index (χ0n) is 11.7. The van der Waals surface area contributed by atoms with Crippen molar-refractivity contribution in [1.29, 1.82) is 5.41 Å². The van der Waals surface area contributed by atoms with Crippen LogP contribution in [0.15, 0.2) is 42.5 Å². The van der Waals surface area contributed by atoms with Crippen LogP contribution < -0.4 is 10.6 Å². The number of aryl methyl sites for hydroxylation is 1. The van der Waals surface area contributed by atoms with Crippen molar-refractivity contribution in [3.8, 4) is 0 Å². The highest BCUT2D eigenvalue weighted by Gasteiger charge is 2.17. The third kappa shape index (κ3) is 2.63. The molecule has 2 aromatic rings. The van der Waals surface area contributed by atoms with Gasteiger partial charge in [-0.3, -0.25) is 5.41 Å². The Labute approximate surface area is 124 Å². The number of hydrogen-bond donors (Lipinski definition) is 2. The molecular weight excluding hydrogens is 270 g/mol. The normalized spacial score (nSPS) is 10.3. The van der Waals surface area contributed by atoms with Gasteiger partial charge in [0.2, 0.25) is 0 Å². The molecule has 2 aromatic carbocycles. The summed E-state index contributed by atoms with van der Waals surface area (Å²) in [5, 5.41) is 8.27. The molecule has 3 nitrogen and oxygen atoms in total. The van der Waals surface area contributed by atoms with Crippen LogP contribution in [-0.2, 0) is 0 Å². The monoisotopic (exact) mass is 287 g/mol. The highest BCUT2D eigenvalue weighted by molar-refractivity contribution is 6.34. The molecule has 4 heteroatoms. The molecule has 3 N–H and O–H groups in total. The number of amidine groups is 1. The van der Waals surface area contributed by atoms with Crippen LogP contribution in [0.2, 0.25) is 5.02 Å². The molecule has 0 fully saturated rings. The Morgan fingerprint density at radius 3 is 2.40 bits per heavy atom. The van der Waals surface area contributed by atoms with Crippen LogP contribution in [0, 0.1) is 12.3 Å². The van der Waals surface area contributed by atoms with E-state index in [4.69, 9.17) is 22.7 Å². The molecule has 0 aliphatic rings. The SMILES string of the molecule is CCN(c1ccccc1C)c1cccc(Cl)c1C(=N)N. The van der Waals surface area contributed by atoms with E-state index in [0.717, 1.165) is 17.9 Å². The van der Waals surface area contributed by atoms with Crippen LogP contribution in [-0.4, -0.2) is 12.4 Å². The first kappa shape index (κ1) is 14.4. The van der Waals surface area contributed by atoms with Gasteiger partial charge < -0.3 is 10.6 Å². The fourth-order valence-corrected chi connectivity index (χ4v) is 2.61. The molecule has 0 atom stereocenters. The predicted molar refractivity (Wildman–Crippen MR) is 86.3 cm³/mol. The number of anilines is 2. The van der Waals surface area contributed by atoms with Crippen molar-refractivity contribution >= 4 is 28.8 Å². The Kier molecular flexibility index (Phi) is 4.30. The Morgan fingerprint density at radius 2 is 1.80 bits per heavy atom. The van der Waals surface area contributed by atoms with Crippen LogP contribution >= 0.6 is 11.6 Å². The second-order valence-electron chi connectivity index (χ2n) is 4.58. The van der Waals surface area contributed by atoms with E-state index < -0.39 is 0 Å². The van der Waals surface area contributed by atoms with Gasteiger partial charge in [0, 0.05) is 12.2 Å². The number of para-hydroxylation sites is 1. The zero-order valence-corrected chi connectivity index (χ0v) is 12.4. The standard InChI is InChI=1S/C16H18ClN3/c1-3-20(13-9-5-4-7-11(13)2)14-10-6-8-12(17)15(14)16(18)19/h4-10H,3H2,1-2H3,(H3,18,19). The van der Waals surface area contributed by atoms with Gasteiger partial charge >= 0.3 is 0 Å². The van der Waals surface area contributed by atoms with Gasteiger partial charge in [0.15, 0.2) is 0 Å². The van der Waals surface area contributed by atoms with Crippen molar-refractivity contribution in [2.24, 2.45) is 5.73 Å². The van der Waals surface area contributed by atoms with E-state index in [9.17, 15) is 0 Å². The average Bonchev–Trinajstić information content (AvgIpc) is 2.41. The Morgan fingerprint density at radius 1 is 1.15 bits per heavy atom. The van der Waals surface area contributed by atoms with Gasteiger partial charge in [0.05, 0.1) is 16.3 Å². The molecule has 0 amide bonds. The Bertz CT molecular complexity index is 637. The maximum atomic E-state index is 7.77. The number of nitrogens with zero attached hydrogens (tertiary/aromatic N) is 1. The van der Waals surface area contributed by atoms with Gasteiger partial charge in [-0.25, -0.2) is 0 Å². The van der Waals surface area contributed by atoms with Gasteiger partial charge in [0.25, 0.3) is 0 Å². The van der Waals surface area contributed by atoms with Crippen molar-refractivity contribution in [2.45, 2.75) is 13.8 Å². The van der Waals surface area contributed by atoms with Crippen molar-refractivity contribution in [1.82, 2.24) is 0 Å². The molecule has 0 bridgehead atoms. The third-order valence-corrected chi connectivity index (χ3v) is 3.59. The molecule has 0 aromatic heterocycles. The summed E-state index contributed by atoms with van der Waals surface area (Å²) in [4.78, 5) is 2.12. The molecule has 0 spiro atoms. The van der Waals surface area contributed by atoms with Crippen molar-refractivity contribution in [3.63, 3.8) is 0 Å². The molecule has 0 unspecified atom stereocenters. The molecule has 0 aliphatic carbocycles. The first-order chi connectivity index (χ1) is 9.56. The maximum Gasteiger partial charge on any atom is 0.126 e. The number of halogens is 1. The van der Waals surface area contributed by atoms with Crippen LogP contribution in [0.4, 0.5) is 11.4 Å². The minimum atomic E-state index is -0.0161. The zero-order chi connectivity index (χ0) is 14.7. The van der Waals surface area contributed by atoms with Gasteiger partial charge in [-0.15, -0.1) is 0 Å². The van der Waals surface area contributed by atoms with Crippen LogP contribution in [0.5, 0.6) is 0 Å². The Hall–Kier alpha value is -2.00. The van der Waals surface area contributed by atoms with Gasteiger partial charge in [-0.05, 0) is 37.6 Å². The molecule has 0 aliphatic heterocycles. The fraction of sp³-hybridized carbons (Fsp3) is 0.188. The van der Waals surface area contributed by atoms with E-state index in [-0.39, 0.29) is 5.84 Å². The number of hydrogen-bond acceptors (Lipinski definition) is 2. The molecule has 0 radical (unpaired) electrons. The second kappa shape index (κ2) is 5.97.